The second-order valence-corrected chi connectivity index (χ2v) is 5.06. The van der Waals surface area contributed by atoms with Crippen molar-refractivity contribution in [3.8, 4) is 0 Å². The number of rotatable bonds is 7. The van der Waals surface area contributed by atoms with Crippen molar-refractivity contribution >= 4 is 17.2 Å². The molecule has 0 unspecified atom stereocenters. The molecule has 2 aromatic carbocycles. The third kappa shape index (κ3) is 4.15. The highest BCUT2D eigenvalue weighted by Gasteiger charge is 2.15. The van der Waals surface area contributed by atoms with E-state index in [0.717, 1.165) is 12.8 Å². The molecular weight excluding hydrogens is 280 g/mol. The van der Waals surface area contributed by atoms with Crippen LogP contribution in [-0.4, -0.2) is 17.3 Å². The molecule has 0 bridgehead atoms. The maximum Gasteiger partial charge on any atom is 0.293 e. The lowest BCUT2D eigenvalue weighted by Crippen LogP contribution is -2.06. The maximum atomic E-state index is 11.3. The molecular formula is C17H18N2O3. The van der Waals surface area contributed by atoms with Gasteiger partial charge in [-0.2, -0.15) is 0 Å². The van der Waals surface area contributed by atoms with Gasteiger partial charge in [0.25, 0.3) is 5.69 Å². The van der Waals surface area contributed by atoms with Crippen molar-refractivity contribution in [2.24, 2.45) is 0 Å². The highest BCUT2D eigenvalue weighted by atomic mass is 16.6. The van der Waals surface area contributed by atoms with E-state index in [9.17, 15) is 14.9 Å². The van der Waals surface area contributed by atoms with Gasteiger partial charge in [-0.25, -0.2) is 0 Å². The molecule has 0 atom stereocenters. The third-order valence-corrected chi connectivity index (χ3v) is 3.40. The van der Waals surface area contributed by atoms with E-state index in [1.165, 1.54) is 18.6 Å². The zero-order valence-corrected chi connectivity index (χ0v) is 12.4. The maximum absolute atomic E-state index is 11.3. The van der Waals surface area contributed by atoms with Crippen LogP contribution in [0.15, 0.2) is 48.5 Å². The first-order valence-electron chi connectivity index (χ1n) is 7.15. The van der Waals surface area contributed by atoms with Crippen LogP contribution < -0.4 is 5.32 Å². The lowest BCUT2D eigenvalue weighted by Gasteiger charge is -2.08. The van der Waals surface area contributed by atoms with E-state index in [1.54, 1.807) is 12.1 Å². The summed E-state index contributed by atoms with van der Waals surface area (Å²) < 4.78 is 0. The van der Waals surface area contributed by atoms with E-state index >= 15 is 0 Å². The molecule has 0 amide bonds. The van der Waals surface area contributed by atoms with Crippen LogP contribution in [0.2, 0.25) is 0 Å². The Balaban J connectivity index is 1.97. The number of nitrogens with zero attached hydrogens (tertiary/aromatic N) is 1. The van der Waals surface area contributed by atoms with Gasteiger partial charge >= 0.3 is 0 Å². The summed E-state index contributed by atoms with van der Waals surface area (Å²) in [5.41, 5.74) is 1.97. The van der Waals surface area contributed by atoms with E-state index in [1.807, 2.05) is 18.2 Å². The SMILES string of the molecule is CC(=O)c1ccc(NCCCc2ccccc2)c([N+](=O)[O-])c1. The third-order valence-electron chi connectivity index (χ3n) is 3.40. The van der Waals surface area contributed by atoms with Crippen LogP contribution in [0.1, 0.15) is 29.3 Å². The van der Waals surface area contributed by atoms with Crippen LogP contribution in [0.5, 0.6) is 0 Å². The number of ketones is 1. The van der Waals surface area contributed by atoms with E-state index in [0.29, 0.717) is 17.8 Å². The molecule has 0 aliphatic carbocycles. The highest BCUT2D eigenvalue weighted by Crippen LogP contribution is 2.25. The summed E-state index contributed by atoms with van der Waals surface area (Å²) in [4.78, 5) is 21.9. The van der Waals surface area contributed by atoms with E-state index < -0.39 is 4.92 Å². The topological polar surface area (TPSA) is 72.2 Å². The average molecular weight is 298 g/mol. The minimum Gasteiger partial charge on any atom is -0.379 e. The first-order chi connectivity index (χ1) is 10.6. The largest absolute Gasteiger partial charge is 0.379 e. The van der Waals surface area contributed by atoms with Crippen LogP contribution >= 0.6 is 0 Å². The smallest absolute Gasteiger partial charge is 0.293 e. The summed E-state index contributed by atoms with van der Waals surface area (Å²) in [5, 5.41) is 14.2. The van der Waals surface area contributed by atoms with Crippen molar-refractivity contribution < 1.29 is 9.72 Å². The van der Waals surface area contributed by atoms with Crippen molar-refractivity contribution in [3.63, 3.8) is 0 Å². The molecule has 1 N–H and O–H groups in total. The first kappa shape index (κ1) is 15.7. The van der Waals surface area contributed by atoms with Crippen molar-refractivity contribution in [1.82, 2.24) is 0 Å². The lowest BCUT2D eigenvalue weighted by molar-refractivity contribution is -0.384. The molecule has 0 heterocycles. The number of nitro groups is 1. The molecule has 114 valence electrons. The van der Waals surface area contributed by atoms with Gasteiger partial charge < -0.3 is 5.32 Å². The van der Waals surface area contributed by atoms with Gasteiger partial charge in [0.2, 0.25) is 0 Å². The number of hydrogen-bond donors (Lipinski definition) is 1. The fraction of sp³-hybridized carbons (Fsp3) is 0.235. The second-order valence-electron chi connectivity index (χ2n) is 5.06. The summed E-state index contributed by atoms with van der Waals surface area (Å²) in [7, 11) is 0. The molecule has 2 rings (SSSR count). The number of nitro benzene ring substituents is 1. The molecule has 5 nitrogen and oxygen atoms in total. The minimum absolute atomic E-state index is 0.0626. The standard InChI is InChI=1S/C17H18N2O3/c1-13(20)15-9-10-16(17(12-15)19(21)22)18-11-5-8-14-6-3-2-4-7-14/h2-4,6-7,9-10,12,18H,5,8,11H2,1H3. The van der Waals surface area contributed by atoms with Gasteiger partial charge in [-0.3, -0.25) is 14.9 Å². The van der Waals surface area contributed by atoms with Gasteiger partial charge in [0.05, 0.1) is 4.92 Å². The number of Topliss-reactive ketones (excluding diaryl/α,β-unsaturated/α-hetero) is 1. The molecule has 0 spiro atoms. The molecule has 0 radical (unpaired) electrons. The molecule has 5 heteroatoms. The predicted molar refractivity (Wildman–Crippen MR) is 86.4 cm³/mol. The Morgan fingerprint density at radius 1 is 1.18 bits per heavy atom. The number of benzene rings is 2. The molecule has 0 fully saturated rings. The van der Waals surface area contributed by atoms with E-state index in [2.05, 4.69) is 17.4 Å². The number of carbonyl (C=O) groups is 1. The summed E-state index contributed by atoms with van der Waals surface area (Å²) in [6, 6.07) is 14.6. The van der Waals surface area contributed by atoms with Gasteiger partial charge in [-0.1, -0.05) is 30.3 Å². The Kier molecular flexibility index (Phi) is 5.25. The minimum atomic E-state index is -0.466. The molecule has 0 saturated carbocycles. The Labute approximate surface area is 129 Å². The Morgan fingerprint density at radius 2 is 1.91 bits per heavy atom. The van der Waals surface area contributed by atoms with Gasteiger partial charge in [0, 0.05) is 18.2 Å². The quantitative estimate of drug-likeness (QED) is 0.365. The van der Waals surface area contributed by atoms with Crippen molar-refractivity contribution in [1.29, 1.82) is 0 Å². The Bertz CT molecular complexity index is 669. The average Bonchev–Trinajstić information content (AvgIpc) is 2.52. The number of aryl methyl sites for hydroxylation is 1. The van der Waals surface area contributed by atoms with Crippen molar-refractivity contribution in [2.45, 2.75) is 19.8 Å². The normalized spacial score (nSPS) is 10.2. The summed E-state index contributed by atoms with van der Waals surface area (Å²) >= 11 is 0. The number of anilines is 1. The Hall–Kier alpha value is -2.69. The van der Waals surface area contributed by atoms with Crippen molar-refractivity contribution in [2.75, 3.05) is 11.9 Å². The summed E-state index contributed by atoms with van der Waals surface area (Å²) in [6.07, 6.45) is 1.78. The van der Waals surface area contributed by atoms with Crippen LogP contribution in [0.25, 0.3) is 0 Å². The fourth-order valence-electron chi connectivity index (χ4n) is 2.21. The monoisotopic (exact) mass is 298 g/mol. The fourth-order valence-corrected chi connectivity index (χ4v) is 2.21. The first-order valence-corrected chi connectivity index (χ1v) is 7.15. The molecule has 22 heavy (non-hydrogen) atoms. The molecule has 2 aromatic rings. The molecule has 0 aromatic heterocycles. The summed E-state index contributed by atoms with van der Waals surface area (Å²) in [6.45, 7) is 2.03. The zero-order valence-electron chi connectivity index (χ0n) is 12.4. The van der Waals surface area contributed by atoms with Crippen LogP contribution in [0.3, 0.4) is 0 Å². The number of carbonyl (C=O) groups excluding carboxylic acids is 1. The van der Waals surface area contributed by atoms with Crippen LogP contribution in [-0.2, 0) is 6.42 Å². The van der Waals surface area contributed by atoms with Crippen LogP contribution in [0, 0.1) is 10.1 Å². The van der Waals surface area contributed by atoms with Crippen molar-refractivity contribution in [3.05, 3.63) is 69.8 Å². The van der Waals surface area contributed by atoms with Gasteiger partial charge in [0.15, 0.2) is 5.78 Å². The van der Waals surface area contributed by atoms with Gasteiger partial charge in [-0.15, -0.1) is 0 Å². The van der Waals surface area contributed by atoms with Crippen LogP contribution in [0.4, 0.5) is 11.4 Å². The van der Waals surface area contributed by atoms with Gasteiger partial charge in [-0.05, 0) is 37.5 Å². The number of hydrogen-bond acceptors (Lipinski definition) is 4. The van der Waals surface area contributed by atoms with E-state index in [-0.39, 0.29) is 11.5 Å². The molecule has 0 saturated heterocycles. The lowest BCUT2D eigenvalue weighted by atomic mass is 10.1. The number of nitrogens with one attached hydrogen (secondary N) is 1. The van der Waals surface area contributed by atoms with Gasteiger partial charge in [0.1, 0.15) is 5.69 Å². The molecule has 0 aliphatic rings. The summed E-state index contributed by atoms with van der Waals surface area (Å²) in [5.74, 6) is -0.182. The molecule has 0 aliphatic heterocycles. The highest BCUT2D eigenvalue weighted by molar-refractivity contribution is 5.95. The second kappa shape index (κ2) is 7.36. The Morgan fingerprint density at radius 3 is 2.55 bits per heavy atom. The zero-order chi connectivity index (χ0) is 15.9. The predicted octanol–water partition coefficient (Wildman–Crippen LogP) is 3.84. The van der Waals surface area contributed by atoms with E-state index in [4.69, 9.17) is 0 Å².